The number of nitrogens with zero attached hydrogens (tertiary/aromatic N) is 5. The molecule has 0 saturated heterocycles. The first-order valence-corrected chi connectivity index (χ1v) is 10.5. The van der Waals surface area contributed by atoms with Crippen molar-refractivity contribution in [1.82, 2.24) is 30.4 Å². The van der Waals surface area contributed by atoms with Crippen molar-refractivity contribution in [2.24, 2.45) is 0 Å². The fraction of sp³-hybridized carbons (Fsp3) is 0.227. The van der Waals surface area contributed by atoms with E-state index >= 15 is 0 Å². The van der Waals surface area contributed by atoms with Gasteiger partial charge in [0.15, 0.2) is 5.82 Å². The molecular weight excluding hydrogens is 414 g/mol. The largest absolute Gasteiger partial charge is 0.325 e. The summed E-state index contributed by atoms with van der Waals surface area (Å²) in [5, 5.41) is 22.4. The second-order valence-corrected chi connectivity index (χ2v) is 8.11. The van der Waals surface area contributed by atoms with E-state index in [-0.39, 0.29) is 5.91 Å². The van der Waals surface area contributed by atoms with E-state index in [9.17, 15) is 4.79 Å². The Morgan fingerprint density at radius 1 is 1.26 bits per heavy atom. The fourth-order valence-electron chi connectivity index (χ4n) is 3.76. The molecule has 4 aromatic rings. The predicted molar refractivity (Wildman–Crippen MR) is 117 cm³/mol. The topological polar surface area (TPSA) is 101 Å². The van der Waals surface area contributed by atoms with Gasteiger partial charge in [-0.05, 0) is 71.1 Å². The Morgan fingerprint density at radius 2 is 2.13 bits per heavy atom. The number of tetrazole rings is 1. The average Bonchev–Trinajstić information content (AvgIpc) is 3.19. The number of hydrogen-bond donors (Lipinski definition) is 2. The van der Waals surface area contributed by atoms with Crippen LogP contribution in [-0.2, 0) is 16.6 Å². The molecular formula is C22H20ClN7O. The molecule has 1 amide bonds. The second-order valence-electron chi connectivity index (χ2n) is 7.68. The van der Waals surface area contributed by atoms with E-state index in [4.69, 9.17) is 11.6 Å². The van der Waals surface area contributed by atoms with E-state index in [0.29, 0.717) is 16.5 Å². The maximum absolute atomic E-state index is 13.2. The van der Waals surface area contributed by atoms with Crippen molar-refractivity contribution in [2.75, 3.05) is 5.32 Å². The van der Waals surface area contributed by atoms with Gasteiger partial charge in [0.25, 0.3) is 0 Å². The normalized spacial score (nSPS) is 14.4. The van der Waals surface area contributed by atoms with Gasteiger partial charge in [-0.3, -0.25) is 4.79 Å². The van der Waals surface area contributed by atoms with E-state index in [1.807, 2.05) is 54.9 Å². The minimum atomic E-state index is -0.532. The second kappa shape index (κ2) is 7.63. The number of rotatable bonds is 6. The third-order valence-corrected chi connectivity index (χ3v) is 5.94. The zero-order valence-electron chi connectivity index (χ0n) is 16.8. The zero-order chi connectivity index (χ0) is 21.4. The Hall–Kier alpha value is -3.52. The molecule has 1 fully saturated rings. The maximum atomic E-state index is 13.2. The van der Waals surface area contributed by atoms with Crippen LogP contribution in [0.2, 0.25) is 5.02 Å². The Bertz CT molecular complexity index is 1240. The molecule has 0 spiro atoms. The van der Waals surface area contributed by atoms with Crippen LogP contribution < -0.4 is 5.32 Å². The highest BCUT2D eigenvalue weighted by Gasteiger charge is 2.51. The molecule has 0 aliphatic heterocycles. The molecule has 5 rings (SSSR count). The standard InChI is InChI=1S/C22H20ClN7O/c1-2-14-12-24-30(13-14)19-7-6-17(11-18(19)20-26-28-29-27-20)25-21(31)22(8-9-22)15-4-3-5-16(23)10-15/h3-7,10-13H,2,8-9H2,1H3,(H,25,31)(H,26,27,28,29). The number of hydrogen-bond acceptors (Lipinski definition) is 5. The van der Waals surface area contributed by atoms with Gasteiger partial charge in [0.2, 0.25) is 5.91 Å². The van der Waals surface area contributed by atoms with Crippen LogP contribution in [0.15, 0.2) is 54.9 Å². The first-order valence-electron chi connectivity index (χ1n) is 10.1. The van der Waals surface area contributed by atoms with Gasteiger partial charge in [-0.1, -0.05) is 30.7 Å². The van der Waals surface area contributed by atoms with E-state index in [1.54, 1.807) is 4.68 Å². The lowest BCUT2D eigenvalue weighted by Crippen LogP contribution is -2.27. The minimum absolute atomic E-state index is 0.0449. The molecule has 2 N–H and O–H groups in total. The predicted octanol–water partition coefficient (Wildman–Crippen LogP) is 3.94. The third-order valence-electron chi connectivity index (χ3n) is 5.71. The first-order chi connectivity index (χ1) is 15.1. The summed E-state index contributed by atoms with van der Waals surface area (Å²) in [7, 11) is 0. The molecule has 2 aromatic carbocycles. The zero-order valence-corrected chi connectivity index (χ0v) is 17.6. The van der Waals surface area contributed by atoms with E-state index < -0.39 is 5.41 Å². The number of amides is 1. The molecule has 0 unspecified atom stereocenters. The lowest BCUT2D eigenvalue weighted by molar-refractivity contribution is -0.118. The van der Waals surface area contributed by atoms with Crippen LogP contribution in [0.5, 0.6) is 0 Å². The summed E-state index contributed by atoms with van der Waals surface area (Å²) in [4.78, 5) is 13.2. The molecule has 0 bridgehead atoms. The number of aromatic amines is 1. The van der Waals surface area contributed by atoms with Gasteiger partial charge in [0.05, 0.1) is 17.3 Å². The molecule has 1 saturated carbocycles. The number of halogens is 1. The summed E-state index contributed by atoms with van der Waals surface area (Å²) in [5.41, 5.74) is 3.74. The SMILES string of the molecule is CCc1cnn(-c2ccc(NC(=O)C3(c4cccc(Cl)c4)CC3)cc2-c2nnn[nH]2)c1. The molecule has 1 aliphatic rings. The molecule has 156 valence electrons. The molecule has 31 heavy (non-hydrogen) atoms. The summed E-state index contributed by atoms with van der Waals surface area (Å²) in [6, 6.07) is 13.1. The van der Waals surface area contributed by atoms with E-state index in [2.05, 4.69) is 38.0 Å². The van der Waals surface area contributed by atoms with Gasteiger partial charge in [-0.15, -0.1) is 5.10 Å². The number of nitrogens with one attached hydrogen (secondary N) is 2. The van der Waals surface area contributed by atoms with Crippen molar-refractivity contribution >= 4 is 23.2 Å². The van der Waals surface area contributed by atoms with Crippen LogP contribution in [0.1, 0.15) is 30.9 Å². The van der Waals surface area contributed by atoms with Crippen LogP contribution in [0, 0.1) is 0 Å². The molecule has 2 heterocycles. The van der Waals surface area contributed by atoms with E-state index in [0.717, 1.165) is 41.6 Å². The van der Waals surface area contributed by atoms with Gasteiger partial charge >= 0.3 is 0 Å². The number of carbonyl (C=O) groups is 1. The summed E-state index contributed by atoms with van der Waals surface area (Å²) in [6.45, 7) is 2.08. The highest BCUT2D eigenvalue weighted by Crippen LogP contribution is 2.49. The molecule has 0 atom stereocenters. The summed E-state index contributed by atoms with van der Waals surface area (Å²) < 4.78 is 1.79. The van der Waals surface area contributed by atoms with Crippen LogP contribution in [0.4, 0.5) is 5.69 Å². The van der Waals surface area contributed by atoms with Crippen molar-refractivity contribution in [3.05, 3.63) is 71.0 Å². The monoisotopic (exact) mass is 433 g/mol. The Balaban J connectivity index is 1.48. The third kappa shape index (κ3) is 3.59. The summed E-state index contributed by atoms with van der Waals surface area (Å²) >= 11 is 6.15. The van der Waals surface area contributed by atoms with Crippen LogP contribution in [0.3, 0.4) is 0 Å². The molecule has 1 aliphatic carbocycles. The van der Waals surface area contributed by atoms with E-state index in [1.165, 1.54) is 0 Å². The summed E-state index contributed by atoms with van der Waals surface area (Å²) in [6.07, 6.45) is 6.28. The smallest absolute Gasteiger partial charge is 0.235 e. The highest BCUT2D eigenvalue weighted by atomic mass is 35.5. The van der Waals surface area contributed by atoms with Crippen molar-refractivity contribution in [3.8, 4) is 17.1 Å². The lowest BCUT2D eigenvalue weighted by atomic mass is 9.95. The van der Waals surface area contributed by atoms with Crippen LogP contribution in [-0.4, -0.2) is 36.3 Å². The lowest BCUT2D eigenvalue weighted by Gasteiger charge is -2.17. The van der Waals surface area contributed by atoms with Gasteiger partial charge in [0, 0.05) is 22.5 Å². The number of aryl methyl sites for hydroxylation is 1. The van der Waals surface area contributed by atoms with Gasteiger partial charge in [-0.2, -0.15) is 5.10 Å². The van der Waals surface area contributed by atoms with Crippen molar-refractivity contribution in [2.45, 2.75) is 31.6 Å². The van der Waals surface area contributed by atoms with Crippen molar-refractivity contribution < 1.29 is 4.79 Å². The molecule has 9 heteroatoms. The quantitative estimate of drug-likeness (QED) is 0.479. The van der Waals surface area contributed by atoms with Gasteiger partial charge < -0.3 is 5.32 Å². The number of aromatic nitrogens is 6. The molecule has 0 radical (unpaired) electrons. The van der Waals surface area contributed by atoms with Crippen LogP contribution in [0.25, 0.3) is 17.1 Å². The Morgan fingerprint density at radius 3 is 2.81 bits per heavy atom. The van der Waals surface area contributed by atoms with Gasteiger partial charge in [-0.25, -0.2) is 9.78 Å². The highest BCUT2D eigenvalue weighted by molar-refractivity contribution is 6.30. The van der Waals surface area contributed by atoms with Crippen molar-refractivity contribution in [1.29, 1.82) is 0 Å². The number of carbonyl (C=O) groups excluding carboxylic acids is 1. The minimum Gasteiger partial charge on any atom is -0.325 e. The van der Waals surface area contributed by atoms with Crippen LogP contribution >= 0.6 is 11.6 Å². The molecule has 2 aromatic heterocycles. The number of benzene rings is 2. The summed E-state index contributed by atoms with van der Waals surface area (Å²) in [5.74, 6) is 0.451. The van der Waals surface area contributed by atoms with Crippen molar-refractivity contribution in [3.63, 3.8) is 0 Å². The fourth-order valence-corrected chi connectivity index (χ4v) is 3.95. The Kier molecular flexibility index (Phi) is 4.78. The Labute approximate surface area is 183 Å². The first kappa shape index (κ1) is 19.4. The maximum Gasteiger partial charge on any atom is 0.235 e. The molecule has 8 nitrogen and oxygen atoms in total. The number of anilines is 1. The average molecular weight is 434 g/mol. The van der Waals surface area contributed by atoms with Gasteiger partial charge in [0.1, 0.15) is 0 Å². The number of H-pyrrole nitrogens is 1.